The highest BCUT2D eigenvalue weighted by atomic mass is 35.5. The number of hydrogen-bond acceptors (Lipinski definition) is 3. The second kappa shape index (κ2) is 6.42. The van der Waals surface area contributed by atoms with Crippen molar-refractivity contribution in [3.8, 4) is 5.75 Å². The van der Waals surface area contributed by atoms with E-state index in [0.29, 0.717) is 12.1 Å². The van der Waals surface area contributed by atoms with Gasteiger partial charge in [-0.2, -0.15) is 0 Å². The lowest BCUT2D eigenvalue weighted by Gasteiger charge is -2.42. The van der Waals surface area contributed by atoms with Crippen molar-refractivity contribution in [3.63, 3.8) is 0 Å². The van der Waals surface area contributed by atoms with Crippen LogP contribution in [0.2, 0.25) is 5.02 Å². The Labute approximate surface area is 142 Å². The average Bonchev–Trinajstić information content (AvgIpc) is 3.01. The van der Waals surface area contributed by atoms with Crippen LogP contribution < -0.4 is 9.64 Å². The number of rotatable bonds is 4. The number of halogens is 1. The Kier molecular flexibility index (Phi) is 4.15. The molecule has 2 aromatic carbocycles. The normalized spacial score (nSPS) is 22.1. The molecule has 0 spiro atoms. The Hall–Kier alpha value is -1.71. The van der Waals surface area contributed by atoms with Crippen molar-refractivity contribution in [2.75, 3.05) is 31.1 Å². The molecule has 2 fully saturated rings. The van der Waals surface area contributed by atoms with E-state index in [0.717, 1.165) is 37.0 Å². The lowest BCUT2D eigenvalue weighted by atomic mass is 10.1. The van der Waals surface area contributed by atoms with E-state index in [1.54, 1.807) is 0 Å². The van der Waals surface area contributed by atoms with Crippen LogP contribution in [-0.4, -0.2) is 43.2 Å². The average molecular weight is 329 g/mol. The Morgan fingerprint density at radius 3 is 2.57 bits per heavy atom. The number of nitrogens with zero attached hydrogens (tertiary/aromatic N) is 2. The lowest BCUT2D eigenvalue weighted by Crippen LogP contribution is -2.58. The third-order valence-electron chi connectivity index (χ3n) is 4.78. The van der Waals surface area contributed by atoms with Gasteiger partial charge in [-0.25, -0.2) is 0 Å². The minimum absolute atomic E-state index is 0.291. The molecule has 1 unspecified atom stereocenters. The minimum atomic E-state index is 0.291. The smallest absolute Gasteiger partial charge is 0.124 e. The SMILES string of the molecule is Clc1cccc(OC2CN(C3CCN(c4ccccc4)C3)C2)c1. The Balaban J connectivity index is 1.28. The van der Waals surface area contributed by atoms with Gasteiger partial charge >= 0.3 is 0 Å². The topological polar surface area (TPSA) is 15.7 Å². The minimum Gasteiger partial charge on any atom is -0.488 e. The summed E-state index contributed by atoms with van der Waals surface area (Å²) < 4.78 is 5.99. The van der Waals surface area contributed by atoms with Gasteiger partial charge < -0.3 is 9.64 Å². The number of para-hydroxylation sites is 1. The Morgan fingerprint density at radius 2 is 1.78 bits per heavy atom. The van der Waals surface area contributed by atoms with Crippen molar-refractivity contribution in [2.45, 2.75) is 18.6 Å². The fraction of sp³-hybridized carbons (Fsp3) is 0.368. The molecule has 0 aliphatic carbocycles. The van der Waals surface area contributed by atoms with Gasteiger partial charge in [0.1, 0.15) is 11.9 Å². The predicted octanol–water partition coefficient (Wildman–Crippen LogP) is 3.68. The molecule has 3 nitrogen and oxygen atoms in total. The Bertz CT molecular complexity index is 657. The summed E-state index contributed by atoms with van der Waals surface area (Å²) in [6.45, 7) is 4.29. The first kappa shape index (κ1) is 14.9. The van der Waals surface area contributed by atoms with E-state index in [1.165, 1.54) is 12.1 Å². The van der Waals surface area contributed by atoms with Gasteiger partial charge in [0, 0.05) is 42.9 Å². The van der Waals surface area contributed by atoms with Crippen LogP contribution in [-0.2, 0) is 0 Å². The number of hydrogen-bond donors (Lipinski definition) is 0. The summed E-state index contributed by atoms with van der Waals surface area (Å²) in [5.41, 5.74) is 1.34. The summed E-state index contributed by atoms with van der Waals surface area (Å²) in [7, 11) is 0. The molecule has 0 amide bonds. The molecule has 4 heteroatoms. The van der Waals surface area contributed by atoms with Crippen LogP contribution in [0.5, 0.6) is 5.75 Å². The second-order valence-corrected chi connectivity index (χ2v) is 6.81. The summed E-state index contributed by atoms with van der Waals surface area (Å²) in [6, 6.07) is 19.0. The molecule has 0 saturated carbocycles. The third-order valence-corrected chi connectivity index (χ3v) is 5.01. The van der Waals surface area contributed by atoms with Crippen LogP contribution in [0.25, 0.3) is 0 Å². The van der Waals surface area contributed by atoms with Gasteiger partial charge in [-0.3, -0.25) is 4.90 Å². The number of likely N-dealkylation sites (tertiary alicyclic amines) is 1. The molecule has 0 bridgehead atoms. The zero-order valence-corrected chi connectivity index (χ0v) is 13.8. The highest BCUT2D eigenvalue weighted by Gasteiger charge is 2.37. The molecule has 1 atom stereocenters. The fourth-order valence-electron chi connectivity index (χ4n) is 3.49. The summed E-state index contributed by atoms with van der Waals surface area (Å²) in [6.07, 6.45) is 1.53. The van der Waals surface area contributed by atoms with Crippen LogP contribution in [0.1, 0.15) is 6.42 Å². The monoisotopic (exact) mass is 328 g/mol. The molecule has 23 heavy (non-hydrogen) atoms. The van der Waals surface area contributed by atoms with Gasteiger partial charge in [-0.05, 0) is 36.8 Å². The van der Waals surface area contributed by atoms with E-state index in [4.69, 9.17) is 16.3 Å². The predicted molar refractivity (Wildman–Crippen MR) is 94.5 cm³/mol. The van der Waals surface area contributed by atoms with Gasteiger partial charge in [0.05, 0.1) is 0 Å². The summed E-state index contributed by atoms with van der Waals surface area (Å²) in [5.74, 6) is 0.875. The summed E-state index contributed by atoms with van der Waals surface area (Å²) in [4.78, 5) is 5.02. The maximum atomic E-state index is 6.00. The molecular formula is C19H21ClN2O. The highest BCUT2D eigenvalue weighted by Crippen LogP contribution is 2.27. The fourth-order valence-corrected chi connectivity index (χ4v) is 3.67. The maximum absolute atomic E-state index is 6.00. The van der Waals surface area contributed by atoms with Gasteiger partial charge in [-0.15, -0.1) is 0 Å². The Morgan fingerprint density at radius 1 is 0.957 bits per heavy atom. The molecule has 2 aliphatic rings. The number of benzene rings is 2. The maximum Gasteiger partial charge on any atom is 0.124 e. The molecule has 4 rings (SSSR count). The molecular weight excluding hydrogens is 308 g/mol. The van der Waals surface area contributed by atoms with Crippen LogP contribution >= 0.6 is 11.6 Å². The van der Waals surface area contributed by atoms with Crippen LogP contribution in [0, 0.1) is 0 Å². The van der Waals surface area contributed by atoms with E-state index < -0.39 is 0 Å². The molecule has 0 aromatic heterocycles. The quantitative estimate of drug-likeness (QED) is 0.851. The molecule has 0 radical (unpaired) electrons. The molecule has 2 saturated heterocycles. The number of ether oxygens (including phenoxy) is 1. The van der Waals surface area contributed by atoms with Crippen molar-refractivity contribution in [2.24, 2.45) is 0 Å². The third kappa shape index (κ3) is 3.31. The largest absolute Gasteiger partial charge is 0.488 e. The van der Waals surface area contributed by atoms with E-state index >= 15 is 0 Å². The van der Waals surface area contributed by atoms with Crippen molar-refractivity contribution in [1.82, 2.24) is 4.90 Å². The second-order valence-electron chi connectivity index (χ2n) is 6.38. The van der Waals surface area contributed by atoms with Gasteiger partial charge in [-0.1, -0.05) is 35.9 Å². The first-order valence-electron chi connectivity index (χ1n) is 8.24. The van der Waals surface area contributed by atoms with Gasteiger partial charge in [0.2, 0.25) is 0 Å². The zero-order chi connectivity index (χ0) is 15.6. The van der Waals surface area contributed by atoms with Crippen molar-refractivity contribution in [1.29, 1.82) is 0 Å². The van der Waals surface area contributed by atoms with Crippen molar-refractivity contribution >= 4 is 17.3 Å². The van der Waals surface area contributed by atoms with Crippen LogP contribution in [0.3, 0.4) is 0 Å². The molecule has 2 aromatic rings. The van der Waals surface area contributed by atoms with Crippen molar-refractivity contribution < 1.29 is 4.74 Å². The summed E-state index contributed by atoms with van der Waals surface area (Å²) in [5, 5.41) is 0.730. The van der Waals surface area contributed by atoms with E-state index in [-0.39, 0.29) is 0 Å². The van der Waals surface area contributed by atoms with Crippen LogP contribution in [0.4, 0.5) is 5.69 Å². The van der Waals surface area contributed by atoms with E-state index in [2.05, 4.69) is 40.1 Å². The molecule has 120 valence electrons. The van der Waals surface area contributed by atoms with Gasteiger partial charge in [0.15, 0.2) is 0 Å². The first-order chi connectivity index (χ1) is 11.3. The van der Waals surface area contributed by atoms with Gasteiger partial charge in [0.25, 0.3) is 0 Å². The standard InChI is InChI=1S/C19H21ClN2O/c20-15-5-4-8-18(11-15)23-19-13-22(14-19)17-9-10-21(12-17)16-6-2-1-3-7-16/h1-8,11,17,19H,9-10,12-14H2. The molecule has 2 aliphatic heterocycles. The zero-order valence-electron chi connectivity index (χ0n) is 13.1. The summed E-state index contributed by atoms with van der Waals surface area (Å²) >= 11 is 6.00. The molecule has 0 N–H and O–H groups in total. The highest BCUT2D eigenvalue weighted by molar-refractivity contribution is 6.30. The van der Waals surface area contributed by atoms with Crippen LogP contribution in [0.15, 0.2) is 54.6 Å². The van der Waals surface area contributed by atoms with E-state index in [1.807, 2.05) is 24.3 Å². The van der Waals surface area contributed by atoms with Crippen molar-refractivity contribution in [3.05, 3.63) is 59.6 Å². The van der Waals surface area contributed by atoms with E-state index in [9.17, 15) is 0 Å². The first-order valence-corrected chi connectivity index (χ1v) is 8.62. The number of anilines is 1. The lowest BCUT2D eigenvalue weighted by molar-refractivity contribution is -0.00359. The molecule has 2 heterocycles.